The molecule has 2 aromatic rings. The molecule has 1 saturated carbocycles. The first-order chi connectivity index (χ1) is 11.0. The van der Waals surface area contributed by atoms with Crippen LogP contribution in [0.1, 0.15) is 42.3 Å². The Morgan fingerprint density at radius 1 is 1.22 bits per heavy atom. The van der Waals surface area contributed by atoms with Crippen LogP contribution in [0.5, 0.6) is 0 Å². The lowest BCUT2D eigenvalue weighted by atomic mass is 10.0. The van der Waals surface area contributed by atoms with Gasteiger partial charge < -0.3 is 0 Å². The molecule has 0 radical (unpaired) electrons. The molecule has 7 heteroatoms. The summed E-state index contributed by atoms with van der Waals surface area (Å²) in [5.74, 6) is -5.75. The zero-order valence-electron chi connectivity index (χ0n) is 12.0. The van der Waals surface area contributed by atoms with Gasteiger partial charge in [-0.3, -0.25) is 0 Å². The van der Waals surface area contributed by atoms with E-state index >= 15 is 0 Å². The van der Waals surface area contributed by atoms with Crippen molar-refractivity contribution in [3.8, 4) is 6.07 Å². The van der Waals surface area contributed by atoms with E-state index in [9.17, 15) is 13.2 Å². The number of rotatable bonds is 3. The number of aromatic nitrogens is 3. The number of halogens is 3. The van der Waals surface area contributed by atoms with E-state index in [1.165, 1.54) is 4.68 Å². The van der Waals surface area contributed by atoms with E-state index in [1.807, 2.05) is 36.4 Å². The summed E-state index contributed by atoms with van der Waals surface area (Å²) < 4.78 is 44.2. The van der Waals surface area contributed by atoms with Gasteiger partial charge in [-0.15, -0.1) is 5.10 Å². The van der Waals surface area contributed by atoms with E-state index in [4.69, 9.17) is 5.26 Å². The molecule has 4 atom stereocenters. The molecule has 2 aliphatic rings. The van der Waals surface area contributed by atoms with Gasteiger partial charge in [0.1, 0.15) is 0 Å². The molecular formula is C16H13F3N4. The Morgan fingerprint density at radius 3 is 2.61 bits per heavy atom. The average molecular weight is 318 g/mol. The van der Waals surface area contributed by atoms with Crippen LogP contribution in [0.25, 0.3) is 0 Å². The van der Waals surface area contributed by atoms with Crippen molar-refractivity contribution in [3.05, 3.63) is 47.5 Å². The van der Waals surface area contributed by atoms with Crippen molar-refractivity contribution in [1.29, 1.82) is 5.26 Å². The Kier molecular flexibility index (Phi) is 2.98. The maximum absolute atomic E-state index is 14.4. The van der Waals surface area contributed by atoms with Crippen molar-refractivity contribution in [2.45, 2.75) is 31.0 Å². The molecule has 0 bridgehead atoms. The van der Waals surface area contributed by atoms with Crippen LogP contribution in [0.3, 0.4) is 0 Å². The van der Waals surface area contributed by atoms with E-state index in [-0.39, 0.29) is 18.7 Å². The minimum Gasteiger partial charge on any atom is -0.239 e. The fourth-order valence-electron chi connectivity index (χ4n) is 3.18. The number of nitrogens with zero attached hydrogens (tertiary/aromatic N) is 4. The first-order valence-corrected chi connectivity index (χ1v) is 7.45. The number of hydrogen-bond donors (Lipinski definition) is 0. The van der Waals surface area contributed by atoms with Crippen LogP contribution in [0, 0.1) is 23.2 Å². The third kappa shape index (κ3) is 2.12. The molecular weight excluding hydrogens is 305 g/mol. The van der Waals surface area contributed by atoms with Gasteiger partial charge >= 0.3 is 5.92 Å². The maximum atomic E-state index is 14.4. The third-order valence-corrected chi connectivity index (χ3v) is 4.57. The summed E-state index contributed by atoms with van der Waals surface area (Å²) in [6.07, 6.45) is -1.13. The Morgan fingerprint density at radius 2 is 1.96 bits per heavy atom. The number of hydrogen-bond acceptors (Lipinski definition) is 3. The van der Waals surface area contributed by atoms with Crippen molar-refractivity contribution < 1.29 is 13.2 Å². The summed E-state index contributed by atoms with van der Waals surface area (Å²) in [6.45, 7) is 0. The number of fused-ring (bicyclic) bond motifs is 1. The monoisotopic (exact) mass is 318 g/mol. The topological polar surface area (TPSA) is 54.5 Å². The first kappa shape index (κ1) is 14.2. The lowest BCUT2D eigenvalue weighted by Gasteiger charge is -2.14. The summed E-state index contributed by atoms with van der Waals surface area (Å²) in [5, 5.41) is 12.7. The van der Waals surface area contributed by atoms with Crippen LogP contribution in [-0.4, -0.2) is 14.8 Å². The number of alkyl halides is 3. The minimum absolute atomic E-state index is 0.0531. The fraction of sp³-hybridized carbons (Fsp3) is 0.438. The van der Waals surface area contributed by atoms with Crippen LogP contribution in [0.15, 0.2) is 30.3 Å². The summed E-state index contributed by atoms with van der Waals surface area (Å²) in [4.78, 5) is 3.77. The van der Waals surface area contributed by atoms with Crippen molar-refractivity contribution in [2.75, 3.05) is 0 Å². The van der Waals surface area contributed by atoms with Crippen LogP contribution in [0.4, 0.5) is 13.2 Å². The predicted octanol–water partition coefficient (Wildman–Crippen LogP) is 3.53. The molecule has 1 aliphatic heterocycles. The van der Waals surface area contributed by atoms with Crippen LogP contribution >= 0.6 is 0 Å². The molecule has 2 heterocycles. The van der Waals surface area contributed by atoms with Crippen LogP contribution < -0.4 is 0 Å². The number of benzene rings is 1. The molecule has 1 aromatic carbocycles. The smallest absolute Gasteiger partial charge is 0.239 e. The molecule has 4 rings (SSSR count). The Hall–Kier alpha value is -2.36. The quantitative estimate of drug-likeness (QED) is 0.870. The van der Waals surface area contributed by atoms with Gasteiger partial charge in [0.15, 0.2) is 12.0 Å². The van der Waals surface area contributed by atoms with E-state index in [2.05, 4.69) is 10.1 Å². The highest BCUT2D eigenvalue weighted by Crippen LogP contribution is 2.53. The average Bonchev–Trinajstić information content (AvgIpc) is 3.13. The lowest BCUT2D eigenvalue weighted by molar-refractivity contribution is -0.0408. The second kappa shape index (κ2) is 4.82. The highest BCUT2D eigenvalue weighted by atomic mass is 19.3. The summed E-state index contributed by atoms with van der Waals surface area (Å²) in [7, 11) is 0. The lowest BCUT2D eigenvalue weighted by Crippen LogP contribution is -2.20. The minimum atomic E-state index is -3.29. The van der Waals surface area contributed by atoms with E-state index < -0.39 is 35.8 Å². The standard InChI is InChI=1S/C16H13F3N4/c17-12-7-13(9-4-2-1-3-5-9)23-14(12)21-15(22-23)16(18,19)11-6-10(11)8-20/h1-5,10-13H,6-7H2/t10?,11-,12-,13-/m0/s1. The van der Waals surface area contributed by atoms with Crippen LogP contribution in [0.2, 0.25) is 0 Å². The summed E-state index contributed by atoms with van der Waals surface area (Å²) >= 11 is 0. The van der Waals surface area contributed by atoms with Crippen molar-refractivity contribution in [3.63, 3.8) is 0 Å². The van der Waals surface area contributed by atoms with Crippen LogP contribution in [-0.2, 0) is 5.92 Å². The van der Waals surface area contributed by atoms with Crippen molar-refractivity contribution >= 4 is 0 Å². The molecule has 4 nitrogen and oxygen atoms in total. The second-order valence-corrected chi connectivity index (χ2v) is 6.07. The highest BCUT2D eigenvalue weighted by molar-refractivity contribution is 5.24. The Balaban J connectivity index is 1.70. The van der Waals surface area contributed by atoms with Gasteiger partial charge in [0.05, 0.1) is 18.0 Å². The molecule has 1 aromatic heterocycles. The Bertz CT molecular complexity index is 780. The fourth-order valence-corrected chi connectivity index (χ4v) is 3.18. The largest absolute Gasteiger partial charge is 0.312 e. The predicted molar refractivity (Wildman–Crippen MR) is 74.2 cm³/mol. The van der Waals surface area contributed by atoms with Crippen molar-refractivity contribution in [1.82, 2.24) is 14.8 Å². The van der Waals surface area contributed by atoms with E-state index in [0.29, 0.717) is 0 Å². The molecule has 1 unspecified atom stereocenters. The van der Waals surface area contributed by atoms with Gasteiger partial charge in [-0.05, 0) is 12.0 Å². The van der Waals surface area contributed by atoms with E-state index in [0.717, 1.165) is 5.56 Å². The summed E-state index contributed by atoms with van der Waals surface area (Å²) in [5.41, 5.74) is 0.815. The van der Waals surface area contributed by atoms with E-state index in [1.54, 1.807) is 0 Å². The SMILES string of the molecule is N#CC1C[C@@H]1C(F)(F)c1nc2n(n1)[C@H](c1ccccc1)C[C@@H]2F. The van der Waals surface area contributed by atoms with Gasteiger partial charge in [0.25, 0.3) is 0 Å². The molecule has 1 fully saturated rings. The van der Waals surface area contributed by atoms with Gasteiger partial charge in [0, 0.05) is 12.3 Å². The molecule has 0 spiro atoms. The highest BCUT2D eigenvalue weighted by Gasteiger charge is 2.59. The summed E-state index contributed by atoms with van der Waals surface area (Å²) in [6, 6.07) is 10.5. The normalized spacial score (nSPS) is 29.1. The third-order valence-electron chi connectivity index (χ3n) is 4.57. The number of nitriles is 1. The first-order valence-electron chi connectivity index (χ1n) is 7.45. The zero-order valence-corrected chi connectivity index (χ0v) is 12.0. The van der Waals surface area contributed by atoms with Gasteiger partial charge in [-0.2, -0.15) is 14.0 Å². The molecule has 0 N–H and O–H groups in total. The Labute approximate surface area is 130 Å². The second-order valence-electron chi connectivity index (χ2n) is 6.07. The molecule has 23 heavy (non-hydrogen) atoms. The van der Waals surface area contributed by atoms with Gasteiger partial charge in [-0.25, -0.2) is 14.1 Å². The molecule has 0 amide bonds. The molecule has 1 aliphatic carbocycles. The zero-order chi connectivity index (χ0) is 16.2. The van der Waals surface area contributed by atoms with Gasteiger partial charge in [-0.1, -0.05) is 30.3 Å². The van der Waals surface area contributed by atoms with Gasteiger partial charge in [0.2, 0.25) is 5.82 Å². The molecule has 0 saturated heterocycles. The van der Waals surface area contributed by atoms with Crippen molar-refractivity contribution in [2.24, 2.45) is 11.8 Å². The maximum Gasteiger partial charge on any atom is 0.312 e. The molecule has 118 valence electrons.